The Morgan fingerprint density at radius 3 is 2.63 bits per heavy atom. The van der Waals surface area contributed by atoms with Crippen molar-refractivity contribution < 1.29 is 14.2 Å². The van der Waals surface area contributed by atoms with Gasteiger partial charge < -0.3 is 20.5 Å². The zero-order valence-electron chi connectivity index (χ0n) is 17.3. The summed E-state index contributed by atoms with van der Waals surface area (Å²) in [6, 6.07) is 8.39. The molecule has 2 aromatic rings. The van der Waals surface area contributed by atoms with Crippen molar-refractivity contribution in [3.63, 3.8) is 0 Å². The predicted molar refractivity (Wildman–Crippen MR) is 127 cm³/mol. The summed E-state index contributed by atoms with van der Waals surface area (Å²) in [6.07, 6.45) is 4.90. The Balaban J connectivity index is 0.00000320. The highest BCUT2D eigenvalue weighted by molar-refractivity contribution is 14.0. The summed E-state index contributed by atoms with van der Waals surface area (Å²) >= 11 is 0. The normalized spacial score (nSPS) is 15.7. The predicted octanol–water partition coefficient (Wildman–Crippen LogP) is 3.98. The molecule has 0 radical (unpaired) electrons. The van der Waals surface area contributed by atoms with Gasteiger partial charge in [0.1, 0.15) is 0 Å². The van der Waals surface area contributed by atoms with E-state index in [1.54, 1.807) is 30.6 Å². The molecular weight excluding hydrogens is 498 g/mol. The van der Waals surface area contributed by atoms with E-state index in [1.807, 2.05) is 19.9 Å². The lowest BCUT2D eigenvalue weighted by molar-refractivity contribution is 0.187. The number of benzene rings is 1. The molecular formula is C22H30FIN4O2. The van der Waals surface area contributed by atoms with Crippen LogP contribution < -0.4 is 15.4 Å². The molecule has 0 spiro atoms. The third kappa shape index (κ3) is 7.39. The Labute approximate surface area is 194 Å². The van der Waals surface area contributed by atoms with Gasteiger partial charge in [-0.3, -0.25) is 9.98 Å². The zero-order chi connectivity index (χ0) is 20.6. The second-order valence-corrected chi connectivity index (χ2v) is 7.33. The SMILES string of the molecule is CCNC(=NCC(O)c1ccncc1)NC(C)c1ccc(OCC2CC2)c(F)c1.I. The highest BCUT2D eigenvalue weighted by atomic mass is 127. The largest absolute Gasteiger partial charge is 0.490 e. The number of pyridine rings is 1. The van der Waals surface area contributed by atoms with Crippen LogP contribution in [0.4, 0.5) is 4.39 Å². The fourth-order valence-corrected chi connectivity index (χ4v) is 2.87. The molecule has 2 atom stereocenters. The number of rotatable bonds is 9. The Bertz CT molecular complexity index is 818. The maximum atomic E-state index is 14.4. The number of nitrogens with zero attached hydrogens (tertiary/aromatic N) is 2. The van der Waals surface area contributed by atoms with Gasteiger partial charge in [-0.05, 0) is 68.0 Å². The second-order valence-electron chi connectivity index (χ2n) is 7.33. The van der Waals surface area contributed by atoms with E-state index in [1.165, 1.54) is 18.9 Å². The van der Waals surface area contributed by atoms with Crippen LogP contribution in [-0.4, -0.2) is 35.7 Å². The number of aromatic nitrogens is 1. The first-order chi connectivity index (χ1) is 14.1. The molecule has 0 amide bonds. The van der Waals surface area contributed by atoms with Gasteiger partial charge in [0.05, 0.1) is 25.3 Å². The van der Waals surface area contributed by atoms with Gasteiger partial charge in [-0.15, -0.1) is 24.0 Å². The first-order valence-electron chi connectivity index (χ1n) is 10.1. The lowest BCUT2D eigenvalue weighted by Gasteiger charge is -2.19. The highest BCUT2D eigenvalue weighted by Gasteiger charge is 2.22. The summed E-state index contributed by atoms with van der Waals surface area (Å²) in [6.45, 7) is 5.36. The van der Waals surface area contributed by atoms with E-state index in [9.17, 15) is 9.50 Å². The van der Waals surface area contributed by atoms with Crippen LogP contribution >= 0.6 is 24.0 Å². The number of nitrogens with one attached hydrogen (secondary N) is 2. The Kier molecular flexibility index (Phi) is 9.77. The lowest BCUT2D eigenvalue weighted by atomic mass is 10.1. The number of guanidine groups is 1. The second kappa shape index (κ2) is 12.0. The van der Waals surface area contributed by atoms with Gasteiger partial charge in [0, 0.05) is 18.9 Å². The molecule has 0 saturated heterocycles. The van der Waals surface area contributed by atoms with Crippen molar-refractivity contribution in [2.45, 2.75) is 38.8 Å². The minimum absolute atomic E-state index is 0. The zero-order valence-corrected chi connectivity index (χ0v) is 19.7. The Morgan fingerprint density at radius 2 is 2.00 bits per heavy atom. The average molecular weight is 528 g/mol. The van der Waals surface area contributed by atoms with Gasteiger partial charge in [-0.2, -0.15) is 0 Å². The Morgan fingerprint density at radius 1 is 1.27 bits per heavy atom. The van der Waals surface area contributed by atoms with Crippen molar-refractivity contribution in [3.8, 4) is 5.75 Å². The number of hydrogen-bond donors (Lipinski definition) is 3. The molecule has 1 aliphatic rings. The van der Waals surface area contributed by atoms with Crippen molar-refractivity contribution in [2.24, 2.45) is 10.9 Å². The molecule has 1 aromatic heterocycles. The molecule has 2 unspecified atom stereocenters. The van der Waals surface area contributed by atoms with Crippen molar-refractivity contribution in [2.75, 3.05) is 19.7 Å². The standard InChI is InChI=1S/C22H29FN4O2.HI/c1-3-25-22(26-13-20(28)17-8-10-24-11-9-17)27-15(2)18-6-7-21(19(23)12-18)29-14-16-4-5-16;/h6-12,15-16,20,28H,3-5,13-14H2,1-2H3,(H2,25,26,27);1H. The number of halogens is 2. The van der Waals surface area contributed by atoms with Crippen molar-refractivity contribution in [3.05, 3.63) is 59.7 Å². The van der Waals surface area contributed by atoms with Gasteiger partial charge in [0.15, 0.2) is 17.5 Å². The molecule has 3 N–H and O–H groups in total. The minimum Gasteiger partial charge on any atom is -0.490 e. The van der Waals surface area contributed by atoms with Crippen LogP contribution in [0, 0.1) is 11.7 Å². The number of hydrogen-bond acceptors (Lipinski definition) is 4. The van der Waals surface area contributed by atoms with Crippen LogP contribution in [0.15, 0.2) is 47.7 Å². The quantitative estimate of drug-likeness (QED) is 0.261. The monoisotopic (exact) mass is 528 g/mol. The number of aliphatic hydroxyl groups is 1. The molecule has 0 bridgehead atoms. The van der Waals surface area contributed by atoms with Crippen LogP contribution in [-0.2, 0) is 0 Å². The molecule has 8 heteroatoms. The number of ether oxygens (including phenoxy) is 1. The summed E-state index contributed by atoms with van der Waals surface area (Å²) in [4.78, 5) is 8.41. The smallest absolute Gasteiger partial charge is 0.191 e. The van der Waals surface area contributed by atoms with E-state index in [-0.39, 0.29) is 42.4 Å². The summed E-state index contributed by atoms with van der Waals surface area (Å²) < 4.78 is 19.9. The molecule has 1 saturated carbocycles. The van der Waals surface area contributed by atoms with Gasteiger partial charge in [0.2, 0.25) is 0 Å². The molecule has 30 heavy (non-hydrogen) atoms. The molecule has 1 aromatic carbocycles. The molecule has 1 fully saturated rings. The topological polar surface area (TPSA) is 78.8 Å². The summed E-state index contributed by atoms with van der Waals surface area (Å²) in [7, 11) is 0. The summed E-state index contributed by atoms with van der Waals surface area (Å²) in [5.41, 5.74) is 1.55. The van der Waals surface area contributed by atoms with E-state index in [0.717, 1.165) is 11.1 Å². The lowest BCUT2D eigenvalue weighted by Crippen LogP contribution is -2.39. The summed E-state index contributed by atoms with van der Waals surface area (Å²) in [5.74, 6) is 1.08. The highest BCUT2D eigenvalue weighted by Crippen LogP contribution is 2.30. The third-order valence-corrected chi connectivity index (χ3v) is 4.84. The van der Waals surface area contributed by atoms with Gasteiger partial charge in [-0.1, -0.05) is 6.07 Å². The van der Waals surface area contributed by atoms with E-state index in [2.05, 4.69) is 20.6 Å². The minimum atomic E-state index is -0.718. The van der Waals surface area contributed by atoms with E-state index < -0.39 is 6.10 Å². The van der Waals surface area contributed by atoms with Gasteiger partial charge in [0.25, 0.3) is 0 Å². The molecule has 164 valence electrons. The van der Waals surface area contributed by atoms with Crippen LogP contribution in [0.1, 0.15) is 50.0 Å². The number of aliphatic imine (C=N–C) groups is 1. The van der Waals surface area contributed by atoms with Crippen molar-refractivity contribution >= 4 is 29.9 Å². The van der Waals surface area contributed by atoms with E-state index in [4.69, 9.17) is 4.74 Å². The average Bonchev–Trinajstić information content (AvgIpc) is 3.56. The first-order valence-corrected chi connectivity index (χ1v) is 10.1. The van der Waals surface area contributed by atoms with Crippen LogP contribution in [0.2, 0.25) is 0 Å². The Hall–Kier alpha value is -1.94. The molecule has 1 heterocycles. The summed E-state index contributed by atoms with van der Waals surface area (Å²) in [5, 5.41) is 16.7. The van der Waals surface area contributed by atoms with Crippen LogP contribution in [0.3, 0.4) is 0 Å². The fraction of sp³-hybridized carbons (Fsp3) is 0.455. The van der Waals surface area contributed by atoms with E-state index >= 15 is 0 Å². The molecule has 0 aliphatic heterocycles. The third-order valence-electron chi connectivity index (χ3n) is 4.84. The number of aliphatic hydroxyl groups excluding tert-OH is 1. The maximum Gasteiger partial charge on any atom is 0.191 e. The van der Waals surface area contributed by atoms with Crippen LogP contribution in [0.5, 0.6) is 5.75 Å². The van der Waals surface area contributed by atoms with E-state index in [0.29, 0.717) is 30.8 Å². The van der Waals surface area contributed by atoms with Crippen molar-refractivity contribution in [1.82, 2.24) is 15.6 Å². The van der Waals surface area contributed by atoms with Gasteiger partial charge in [-0.25, -0.2) is 4.39 Å². The fourth-order valence-electron chi connectivity index (χ4n) is 2.87. The van der Waals surface area contributed by atoms with Crippen molar-refractivity contribution in [1.29, 1.82) is 0 Å². The van der Waals surface area contributed by atoms with Crippen LogP contribution in [0.25, 0.3) is 0 Å². The molecule has 1 aliphatic carbocycles. The molecule has 3 rings (SSSR count). The van der Waals surface area contributed by atoms with Gasteiger partial charge >= 0.3 is 0 Å². The first kappa shape index (κ1) is 24.3. The molecule has 6 nitrogen and oxygen atoms in total. The maximum absolute atomic E-state index is 14.4.